The lowest BCUT2D eigenvalue weighted by atomic mass is 10.1. The van der Waals surface area contributed by atoms with Crippen molar-refractivity contribution >= 4 is 21.8 Å². The Balaban J connectivity index is 2.43. The van der Waals surface area contributed by atoms with Crippen LogP contribution in [-0.2, 0) is 6.42 Å². The van der Waals surface area contributed by atoms with Crippen LogP contribution in [0.2, 0.25) is 0 Å². The number of ether oxygens (including phenoxy) is 1. The van der Waals surface area contributed by atoms with Crippen molar-refractivity contribution in [3.8, 4) is 11.5 Å². The average molecular weight is 335 g/mol. The number of nitrogens with zero attached hydrogens (tertiary/aromatic N) is 1. The maximum Gasteiger partial charge on any atom is 0.173 e. The van der Waals surface area contributed by atoms with Crippen molar-refractivity contribution in [2.24, 2.45) is 10.9 Å². The van der Waals surface area contributed by atoms with Crippen LogP contribution in [0.1, 0.15) is 18.1 Å². The largest absolute Gasteiger partial charge is 0.456 e. The van der Waals surface area contributed by atoms with Crippen molar-refractivity contribution in [3.05, 3.63) is 58.1 Å². The molecule has 0 bridgehead atoms. The van der Waals surface area contributed by atoms with Crippen LogP contribution in [0.4, 0.5) is 0 Å². The van der Waals surface area contributed by atoms with Gasteiger partial charge in [-0.15, -0.1) is 0 Å². The molecule has 0 aliphatic carbocycles. The summed E-state index contributed by atoms with van der Waals surface area (Å²) in [4.78, 5) is 0. The Labute approximate surface area is 126 Å². The smallest absolute Gasteiger partial charge is 0.173 e. The normalized spacial score (nSPS) is 11.4. The topological polar surface area (TPSA) is 67.8 Å². The Morgan fingerprint density at radius 2 is 2.00 bits per heavy atom. The van der Waals surface area contributed by atoms with Crippen molar-refractivity contribution in [3.63, 3.8) is 0 Å². The molecule has 2 aromatic carbocycles. The van der Waals surface area contributed by atoms with Gasteiger partial charge in [-0.1, -0.05) is 46.2 Å². The molecule has 104 valence electrons. The predicted octanol–water partition coefficient (Wildman–Crippen LogP) is 3.90. The van der Waals surface area contributed by atoms with Crippen molar-refractivity contribution in [1.29, 1.82) is 0 Å². The van der Waals surface area contributed by atoms with Gasteiger partial charge in [0.1, 0.15) is 11.5 Å². The standard InChI is InChI=1S/C15H15BrN2O2/c1-2-10-5-3-4-6-13(10)20-14-8-7-11(16)9-12(14)15(17)18-19/h3-9,19H,2H2,1H3,(H2,17,18). The Bertz CT molecular complexity index is 642. The number of para-hydroxylation sites is 1. The first-order chi connectivity index (χ1) is 9.65. The second kappa shape index (κ2) is 6.43. The van der Waals surface area contributed by atoms with E-state index in [2.05, 4.69) is 28.0 Å². The first-order valence-electron chi connectivity index (χ1n) is 6.19. The average Bonchev–Trinajstić information content (AvgIpc) is 2.48. The van der Waals surface area contributed by atoms with Gasteiger partial charge in [0.25, 0.3) is 0 Å². The second-order valence-corrected chi connectivity index (χ2v) is 5.10. The van der Waals surface area contributed by atoms with Crippen LogP contribution in [0.15, 0.2) is 52.1 Å². The SMILES string of the molecule is CCc1ccccc1Oc1ccc(Br)cc1/C(N)=N/O. The van der Waals surface area contributed by atoms with E-state index in [1.54, 1.807) is 12.1 Å². The van der Waals surface area contributed by atoms with Gasteiger partial charge in [-0.25, -0.2) is 0 Å². The summed E-state index contributed by atoms with van der Waals surface area (Å²) in [5.74, 6) is 1.32. The van der Waals surface area contributed by atoms with Crippen LogP contribution in [0.25, 0.3) is 0 Å². The van der Waals surface area contributed by atoms with Gasteiger partial charge in [-0.05, 0) is 36.2 Å². The van der Waals surface area contributed by atoms with E-state index in [0.717, 1.165) is 22.2 Å². The minimum absolute atomic E-state index is 0.00952. The number of oxime groups is 1. The summed E-state index contributed by atoms with van der Waals surface area (Å²) in [5, 5.41) is 11.9. The maximum absolute atomic E-state index is 8.86. The molecule has 0 aliphatic heterocycles. The zero-order valence-electron chi connectivity index (χ0n) is 11.0. The summed E-state index contributed by atoms with van der Waals surface area (Å²) >= 11 is 3.36. The molecule has 0 saturated carbocycles. The molecule has 0 radical (unpaired) electrons. The Morgan fingerprint density at radius 3 is 2.70 bits per heavy atom. The van der Waals surface area contributed by atoms with Gasteiger partial charge in [0, 0.05) is 4.47 Å². The molecule has 0 fully saturated rings. The van der Waals surface area contributed by atoms with E-state index in [4.69, 9.17) is 15.7 Å². The number of aryl methyl sites for hydroxylation is 1. The second-order valence-electron chi connectivity index (χ2n) is 4.19. The molecule has 20 heavy (non-hydrogen) atoms. The third-order valence-electron chi connectivity index (χ3n) is 2.90. The van der Waals surface area contributed by atoms with Crippen LogP contribution in [0.3, 0.4) is 0 Å². The maximum atomic E-state index is 8.86. The minimum Gasteiger partial charge on any atom is -0.456 e. The molecular formula is C15H15BrN2O2. The lowest BCUT2D eigenvalue weighted by Gasteiger charge is -2.13. The lowest BCUT2D eigenvalue weighted by molar-refractivity contribution is 0.318. The Hall–Kier alpha value is -2.01. The first kappa shape index (κ1) is 14.4. The molecule has 0 heterocycles. The van der Waals surface area contributed by atoms with Gasteiger partial charge >= 0.3 is 0 Å². The number of hydrogen-bond donors (Lipinski definition) is 2. The molecule has 2 aromatic rings. The van der Waals surface area contributed by atoms with Crippen molar-refractivity contribution in [2.75, 3.05) is 0 Å². The zero-order chi connectivity index (χ0) is 14.5. The van der Waals surface area contributed by atoms with Crippen LogP contribution < -0.4 is 10.5 Å². The fourth-order valence-electron chi connectivity index (χ4n) is 1.86. The highest BCUT2D eigenvalue weighted by Gasteiger charge is 2.11. The van der Waals surface area contributed by atoms with Crippen molar-refractivity contribution in [1.82, 2.24) is 0 Å². The molecule has 0 aromatic heterocycles. The number of benzene rings is 2. The lowest BCUT2D eigenvalue weighted by Crippen LogP contribution is -2.14. The highest BCUT2D eigenvalue weighted by molar-refractivity contribution is 9.10. The summed E-state index contributed by atoms with van der Waals surface area (Å²) in [7, 11) is 0. The third-order valence-corrected chi connectivity index (χ3v) is 3.39. The van der Waals surface area contributed by atoms with Crippen molar-refractivity contribution < 1.29 is 9.94 Å². The molecule has 3 N–H and O–H groups in total. The molecule has 0 amide bonds. The molecule has 4 nitrogen and oxygen atoms in total. The number of hydrogen-bond acceptors (Lipinski definition) is 3. The summed E-state index contributed by atoms with van der Waals surface area (Å²) in [6, 6.07) is 13.2. The monoisotopic (exact) mass is 334 g/mol. The first-order valence-corrected chi connectivity index (χ1v) is 6.98. The molecule has 0 aliphatic rings. The van der Waals surface area contributed by atoms with E-state index in [1.165, 1.54) is 0 Å². The van der Waals surface area contributed by atoms with E-state index in [0.29, 0.717) is 11.3 Å². The summed E-state index contributed by atoms with van der Waals surface area (Å²) in [6.45, 7) is 2.06. The zero-order valence-corrected chi connectivity index (χ0v) is 12.6. The number of halogens is 1. The van der Waals surface area contributed by atoms with Crippen LogP contribution in [-0.4, -0.2) is 11.0 Å². The molecule has 5 heteroatoms. The molecular weight excluding hydrogens is 320 g/mol. The van der Waals surface area contributed by atoms with Gasteiger partial charge in [0.05, 0.1) is 5.56 Å². The third kappa shape index (κ3) is 3.11. The summed E-state index contributed by atoms with van der Waals surface area (Å²) in [6.07, 6.45) is 0.867. The predicted molar refractivity (Wildman–Crippen MR) is 82.5 cm³/mol. The van der Waals surface area contributed by atoms with E-state index in [1.807, 2.05) is 30.3 Å². The molecule has 0 spiro atoms. The Morgan fingerprint density at radius 1 is 1.25 bits per heavy atom. The van der Waals surface area contributed by atoms with Gasteiger partial charge < -0.3 is 15.7 Å². The van der Waals surface area contributed by atoms with E-state index < -0.39 is 0 Å². The molecule has 2 rings (SSSR count). The summed E-state index contributed by atoms with van der Waals surface area (Å²) in [5.41, 5.74) is 7.32. The summed E-state index contributed by atoms with van der Waals surface area (Å²) < 4.78 is 6.75. The molecule has 0 unspecified atom stereocenters. The number of amidine groups is 1. The van der Waals surface area contributed by atoms with E-state index >= 15 is 0 Å². The van der Waals surface area contributed by atoms with E-state index in [-0.39, 0.29) is 5.84 Å². The number of nitrogens with two attached hydrogens (primary N) is 1. The van der Waals surface area contributed by atoms with Crippen molar-refractivity contribution in [2.45, 2.75) is 13.3 Å². The van der Waals surface area contributed by atoms with Crippen LogP contribution in [0, 0.1) is 0 Å². The van der Waals surface area contributed by atoms with Gasteiger partial charge in [0.2, 0.25) is 0 Å². The van der Waals surface area contributed by atoms with Crippen LogP contribution >= 0.6 is 15.9 Å². The fraction of sp³-hybridized carbons (Fsp3) is 0.133. The fourth-order valence-corrected chi connectivity index (χ4v) is 2.22. The van der Waals surface area contributed by atoms with Gasteiger partial charge in [0.15, 0.2) is 5.84 Å². The molecule has 0 saturated heterocycles. The highest BCUT2D eigenvalue weighted by Crippen LogP contribution is 2.30. The van der Waals surface area contributed by atoms with Gasteiger partial charge in [-0.2, -0.15) is 0 Å². The highest BCUT2D eigenvalue weighted by atomic mass is 79.9. The minimum atomic E-state index is 0.00952. The van der Waals surface area contributed by atoms with Crippen LogP contribution in [0.5, 0.6) is 11.5 Å². The Kier molecular flexibility index (Phi) is 4.63. The molecule has 0 atom stereocenters. The van der Waals surface area contributed by atoms with Gasteiger partial charge in [-0.3, -0.25) is 0 Å². The quantitative estimate of drug-likeness (QED) is 0.385. The van der Waals surface area contributed by atoms with E-state index in [9.17, 15) is 0 Å². The number of rotatable bonds is 4.